The molecular formula is C20H26N4O. The van der Waals surface area contributed by atoms with E-state index < -0.39 is 0 Å². The maximum Gasteiger partial charge on any atom is 0.257 e. The first kappa shape index (κ1) is 16.3. The van der Waals surface area contributed by atoms with Gasteiger partial charge in [0, 0.05) is 30.9 Å². The summed E-state index contributed by atoms with van der Waals surface area (Å²) in [5.41, 5.74) is 2.86. The minimum atomic E-state index is 0.100. The molecule has 0 spiro atoms. The molecule has 5 heteroatoms. The van der Waals surface area contributed by atoms with Crippen LogP contribution in [0.3, 0.4) is 0 Å². The number of hydrogen-bond donors (Lipinski definition) is 1. The number of piperidine rings is 1. The fraction of sp³-hybridized carbons (Fsp3) is 0.500. The Morgan fingerprint density at radius 1 is 1.24 bits per heavy atom. The monoisotopic (exact) mass is 338 g/mol. The predicted molar refractivity (Wildman–Crippen MR) is 97.6 cm³/mol. The Morgan fingerprint density at radius 3 is 2.60 bits per heavy atom. The van der Waals surface area contributed by atoms with Gasteiger partial charge in [-0.1, -0.05) is 30.3 Å². The first-order valence-electron chi connectivity index (χ1n) is 9.21. The van der Waals surface area contributed by atoms with Crippen LogP contribution in [0, 0.1) is 6.92 Å². The molecule has 25 heavy (non-hydrogen) atoms. The third-order valence-electron chi connectivity index (χ3n) is 5.83. The first-order valence-corrected chi connectivity index (χ1v) is 9.21. The summed E-state index contributed by atoms with van der Waals surface area (Å²) in [5.74, 6) is 0.100. The summed E-state index contributed by atoms with van der Waals surface area (Å²) in [7, 11) is 1.95. The predicted octanol–water partition coefficient (Wildman–Crippen LogP) is 2.59. The lowest BCUT2D eigenvalue weighted by molar-refractivity contribution is 0.0681. The van der Waals surface area contributed by atoms with Crippen LogP contribution in [0.2, 0.25) is 0 Å². The van der Waals surface area contributed by atoms with Crippen LogP contribution in [-0.4, -0.2) is 45.8 Å². The summed E-state index contributed by atoms with van der Waals surface area (Å²) in [4.78, 5) is 15.0. The lowest BCUT2D eigenvalue weighted by atomic mass is 9.98. The van der Waals surface area contributed by atoms with Gasteiger partial charge in [0.15, 0.2) is 0 Å². The zero-order chi connectivity index (χ0) is 17.4. The van der Waals surface area contributed by atoms with Crippen molar-refractivity contribution in [2.45, 2.75) is 57.3 Å². The molecule has 3 heterocycles. The van der Waals surface area contributed by atoms with Crippen molar-refractivity contribution in [2.75, 3.05) is 7.05 Å². The van der Waals surface area contributed by atoms with Crippen molar-refractivity contribution in [2.24, 2.45) is 0 Å². The molecule has 1 aromatic carbocycles. The van der Waals surface area contributed by atoms with E-state index >= 15 is 0 Å². The first-order chi connectivity index (χ1) is 12.1. The second kappa shape index (κ2) is 6.64. The van der Waals surface area contributed by atoms with E-state index in [1.807, 2.05) is 41.8 Å². The van der Waals surface area contributed by atoms with Crippen LogP contribution in [0.1, 0.15) is 47.3 Å². The van der Waals surface area contributed by atoms with Crippen molar-refractivity contribution < 1.29 is 4.79 Å². The molecule has 1 aromatic heterocycles. The van der Waals surface area contributed by atoms with Crippen LogP contribution < -0.4 is 5.32 Å². The van der Waals surface area contributed by atoms with Crippen LogP contribution >= 0.6 is 0 Å². The Bertz CT molecular complexity index is 742. The molecule has 2 fully saturated rings. The van der Waals surface area contributed by atoms with Gasteiger partial charge in [0.2, 0.25) is 0 Å². The normalized spacial score (nSPS) is 25.1. The van der Waals surface area contributed by atoms with E-state index in [-0.39, 0.29) is 5.91 Å². The summed E-state index contributed by atoms with van der Waals surface area (Å²) < 4.78 is 1.92. The van der Waals surface area contributed by atoms with E-state index in [9.17, 15) is 4.79 Å². The second-order valence-electron chi connectivity index (χ2n) is 7.47. The van der Waals surface area contributed by atoms with E-state index in [1.165, 1.54) is 18.4 Å². The minimum absolute atomic E-state index is 0.100. The largest absolute Gasteiger partial charge is 0.338 e. The number of benzene rings is 1. The number of rotatable bonds is 4. The highest BCUT2D eigenvalue weighted by atomic mass is 16.2. The Labute approximate surface area is 149 Å². The molecule has 0 aliphatic carbocycles. The van der Waals surface area contributed by atoms with Gasteiger partial charge < -0.3 is 10.2 Å². The summed E-state index contributed by atoms with van der Waals surface area (Å²) in [6.07, 6.45) is 6.35. The van der Waals surface area contributed by atoms with Crippen LogP contribution in [-0.2, 0) is 6.54 Å². The molecule has 2 unspecified atom stereocenters. The van der Waals surface area contributed by atoms with Crippen molar-refractivity contribution in [3.05, 3.63) is 53.3 Å². The van der Waals surface area contributed by atoms with Crippen LogP contribution in [0.5, 0.6) is 0 Å². The smallest absolute Gasteiger partial charge is 0.257 e. The molecule has 2 saturated heterocycles. The van der Waals surface area contributed by atoms with E-state index in [0.717, 1.165) is 24.1 Å². The average Bonchev–Trinajstić information content (AvgIpc) is 3.16. The Hall–Kier alpha value is -2.14. The van der Waals surface area contributed by atoms with Crippen molar-refractivity contribution in [3.8, 4) is 0 Å². The van der Waals surface area contributed by atoms with Gasteiger partial charge >= 0.3 is 0 Å². The van der Waals surface area contributed by atoms with Crippen LogP contribution in [0.4, 0.5) is 0 Å². The zero-order valence-electron chi connectivity index (χ0n) is 15.0. The van der Waals surface area contributed by atoms with Crippen molar-refractivity contribution in [1.29, 1.82) is 0 Å². The SMILES string of the molecule is Cc1c(C(=O)N(C)C2CC3CCC(C2)N3)cnn1Cc1ccccc1. The molecule has 4 rings (SSSR count). The lowest BCUT2D eigenvalue weighted by Gasteiger charge is -2.35. The standard InChI is InChI=1S/C20H26N4O/c1-14-19(12-21-24(14)13-15-6-4-3-5-7-15)20(25)23(2)18-10-16-8-9-17(11-18)22-16/h3-7,12,16-18,22H,8-11,13H2,1-2H3. The molecule has 5 nitrogen and oxygen atoms in total. The van der Waals surface area contributed by atoms with Gasteiger partial charge in [0.25, 0.3) is 5.91 Å². The highest BCUT2D eigenvalue weighted by Crippen LogP contribution is 2.30. The number of hydrogen-bond acceptors (Lipinski definition) is 3. The van der Waals surface area contributed by atoms with Crippen molar-refractivity contribution in [3.63, 3.8) is 0 Å². The second-order valence-corrected chi connectivity index (χ2v) is 7.47. The third kappa shape index (κ3) is 3.21. The number of nitrogens with one attached hydrogen (secondary N) is 1. The summed E-state index contributed by atoms with van der Waals surface area (Å²) in [6, 6.07) is 11.7. The van der Waals surface area contributed by atoms with E-state index in [2.05, 4.69) is 22.5 Å². The number of nitrogens with zero attached hydrogens (tertiary/aromatic N) is 3. The molecule has 1 N–H and O–H groups in total. The number of fused-ring (bicyclic) bond motifs is 2. The van der Waals surface area contributed by atoms with Crippen molar-refractivity contribution >= 4 is 5.91 Å². The molecule has 2 aliphatic rings. The van der Waals surface area contributed by atoms with Gasteiger partial charge in [-0.25, -0.2) is 0 Å². The highest BCUT2D eigenvalue weighted by molar-refractivity contribution is 5.95. The maximum atomic E-state index is 13.0. The van der Waals surface area contributed by atoms with E-state index in [1.54, 1.807) is 6.20 Å². The fourth-order valence-electron chi connectivity index (χ4n) is 4.27. The molecule has 132 valence electrons. The van der Waals surface area contributed by atoms with Gasteiger partial charge in [-0.2, -0.15) is 5.10 Å². The molecule has 2 atom stereocenters. The minimum Gasteiger partial charge on any atom is -0.338 e. The third-order valence-corrected chi connectivity index (χ3v) is 5.83. The van der Waals surface area contributed by atoms with E-state index in [4.69, 9.17) is 0 Å². The van der Waals surface area contributed by atoms with Gasteiger partial charge in [0.05, 0.1) is 18.3 Å². The van der Waals surface area contributed by atoms with Gasteiger partial charge in [-0.3, -0.25) is 9.48 Å². The van der Waals surface area contributed by atoms with Gasteiger partial charge in [-0.15, -0.1) is 0 Å². The van der Waals surface area contributed by atoms with Gasteiger partial charge in [-0.05, 0) is 38.2 Å². The maximum absolute atomic E-state index is 13.0. The number of amides is 1. The van der Waals surface area contributed by atoms with Gasteiger partial charge in [0.1, 0.15) is 0 Å². The fourth-order valence-corrected chi connectivity index (χ4v) is 4.27. The highest BCUT2D eigenvalue weighted by Gasteiger charge is 2.37. The molecule has 0 radical (unpaired) electrons. The number of carbonyl (C=O) groups is 1. The summed E-state index contributed by atoms with van der Waals surface area (Å²) in [5, 5.41) is 8.10. The van der Waals surface area contributed by atoms with Crippen LogP contribution in [0.25, 0.3) is 0 Å². The Morgan fingerprint density at radius 2 is 1.92 bits per heavy atom. The number of aromatic nitrogens is 2. The number of carbonyl (C=O) groups excluding carboxylic acids is 1. The quantitative estimate of drug-likeness (QED) is 0.932. The average molecular weight is 338 g/mol. The molecule has 2 aliphatic heterocycles. The summed E-state index contributed by atoms with van der Waals surface area (Å²) in [6.45, 7) is 2.68. The Balaban J connectivity index is 1.48. The molecule has 1 amide bonds. The van der Waals surface area contributed by atoms with E-state index in [0.29, 0.717) is 24.7 Å². The van der Waals surface area contributed by atoms with Crippen LogP contribution in [0.15, 0.2) is 36.5 Å². The molecule has 0 saturated carbocycles. The Kier molecular flexibility index (Phi) is 4.34. The molecule has 2 aromatic rings. The zero-order valence-corrected chi connectivity index (χ0v) is 15.0. The van der Waals surface area contributed by atoms with Crippen molar-refractivity contribution in [1.82, 2.24) is 20.0 Å². The molecular weight excluding hydrogens is 312 g/mol. The lowest BCUT2D eigenvalue weighted by Crippen LogP contribution is -2.48. The topological polar surface area (TPSA) is 50.2 Å². The summed E-state index contributed by atoms with van der Waals surface area (Å²) >= 11 is 0. The molecule has 2 bridgehead atoms.